The molecule has 0 radical (unpaired) electrons. The first kappa shape index (κ1) is 11.8. The van der Waals surface area contributed by atoms with Gasteiger partial charge in [-0.15, -0.1) is 0 Å². The lowest BCUT2D eigenvalue weighted by Gasteiger charge is -2.06. The van der Waals surface area contributed by atoms with Gasteiger partial charge in [0.05, 0.1) is 5.69 Å². The molecule has 0 unspecified atom stereocenters. The van der Waals surface area contributed by atoms with E-state index in [0.29, 0.717) is 11.9 Å². The monoisotopic (exact) mass is 252 g/mol. The first-order valence-corrected chi connectivity index (χ1v) is 5.66. The van der Waals surface area contributed by atoms with Crippen LogP contribution in [-0.4, -0.2) is 31.0 Å². The van der Waals surface area contributed by atoms with Crippen LogP contribution in [0.3, 0.4) is 0 Å². The van der Waals surface area contributed by atoms with Gasteiger partial charge in [-0.1, -0.05) is 0 Å². The topological polar surface area (TPSA) is 68.5 Å². The summed E-state index contributed by atoms with van der Waals surface area (Å²) in [6.45, 7) is 6.57. The van der Waals surface area contributed by atoms with E-state index in [-0.39, 0.29) is 5.28 Å². The van der Waals surface area contributed by atoms with Gasteiger partial charge < -0.3 is 5.32 Å². The highest BCUT2D eigenvalue weighted by Crippen LogP contribution is 2.13. The molecule has 2 aromatic heterocycles. The van der Waals surface area contributed by atoms with E-state index in [9.17, 15) is 0 Å². The molecule has 0 atom stereocenters. The zero-order valence-corrected chi connectivity index (χ0v) is 10.7. The van der Waals surface area contributed by atoms with Crippen LogP contribution >= 0.6 is 11.6 Å². The van der Waals surface area contributed by atoms with Crippen molar-refractivity contribution in [2.45, 2.75) is 20.8 Å². The van der Waals surface area contributed by atoms with Crippen LogP contribution in [0.4, 0.5) is 5.95 Å². The van der Waals surface area contributed by atoms with Gasteiger partial charge in [-0.3, -0.25) is 4.57 Å². The summed E-state index contributed by atoms with van der Waals surface area (Å²) < 4.78 is 1.78. The number of imidazole rings is 1. The Kier molecular flexibility index (Phi) is 3.23. The first-order chi connectivity index (χ1) is 8.11. The molecule has 0 saturated carbocycles. The zero-order chi connectivity index (χ0) is 12.4. The summed E-state index contributed by atoms with van der Waals surface area (Å²) >= 11 is 5.86. The highest BCUT2D eigenvalue weighted by molar-refractivity contribution is 6.28. The molecule has 1 N–H and O–H groups in total. The highest BCUT2D eigenvalue weighted by Gasteiger charge is 2.10. The molecule has 17 heavy (non-hydrogen) atoms. The van der Waals surface area contributed by atoms with Crippen molar-refractivity contribution in [3.8, 4) is 5.95 Å². The maximum atomic E-state index is 5.86. The van der Waals surface area contributed by atoms with Crippen LogP contribution < -0.4 is 5.32 Å². The van der Waals surface area contributed by atoms with Gasteiger partial charge in [-0.25, -0.2) is 4.98 Å². The number of halogens is 1. The standard InChI is InChI=1S/C10H13ClN6/c1-4-12-9-14-8(11)15-10(16-9)17-5-13-6(2)7(17)3/h5H,4H2,1-3H3,(H,12,14,15,16). The quantitative estimate of drug-likeness (QED) is 0.902. The fraction of sp³-hybridized carbons (Fsp3) is 0.400. The van der Waals surface area contributed by atoms with Gasteiger partial charge in [0.1, 0.15) is 6.33 Å². The number of hydrogen-bond donors (Lipinski definition) is 1. The summed E-state index contributed by atoms with van der Waals surface area (Å²) in [5, 5.41) is 3.17. The summed E-state index contributed by atoms with van der Waals surface area (Å²) in [5.41, 5.74) is 1.92. The van der Waals surface area contributed by atoms with Crippen LogP contribution in [0.15, 0.2) is 6.33 Å². The summed E-state index contributed by atoms with van der Waals surface area (Å²) in [6, 6.07) is 0. The number of aromatic nitrogens is 5. The fourth-order valence-corrected chi connectivity index (χ4v) is 1.54. The van der Waals surface area contributed by atoms with E-state index in [1.165, 1.54) is 0 Å². The lowest BCUT2D eigenvalue weighted by molar-refractivity contribution is 0.868. The first-order valence-electron chi connectivity index (χ1n) is 5.28. The average molecular weight is 253 g/mol. The lowest BCUT2D eigenvalue weighted by Crippen LogP contribution is -2.09. The number of aryl methyl sites for hydroxylation is 1. The van der Waals surface area contributed by atoms with Gasteiger partial charge in [-0.05, 0) is 32.4 Å². The maximum Gasteiger partial charge on any atom is 0.241 e. The molecule has 7 heteroatoms. The van der Waals surface area contributed by atoms with Crippen molar-refractivity contribution in [2.75, 3.05) is 11.9 Å². The Morgan fingerprint density at radius 2 is 2.06 bits per heavy atom. The van der Waals surface area contributed by atoms with Gasteiger partial charge in [-0.2, -0.15) is 15.0 Å². The molecule has 6 nitrogen and oxygen atoms in total. The second kappa shape index (κ2) is 4.67. The minimum atomic E-state index is 0.164. The molecule has 0 aromatic carbocycles. The van der Waals surface area contributed by atoms with E-state index in [0.717, 1.165) is 17.9 Å². The Morgan fingerprint density at radius 3 is 2.65 bits per heavy atom. The lowest BCUT2D eigenvalue weighted by atomic mass is 10.4. The molecule has 0 fully saturated rings. The Morgan fingerprint density at radius 1 is 1.29 bits per heavy atom. The summed E-state index contributed by atoms with van der Waals surface area (Å²) in [6.07, 6.45) is 1.67. The molecule has 0 aliphatic heterocycles. The normalized spacial score (nSPS) is 10.6. The van der Waals surface area contributed by atoms with Gasteiger partial charge in [0.15, 0.2) is 0 Å². The van der Waals surface area contributed by atoms with E-state index in [1.807, 2.05) is 20.8 Å². The smallest absolute Gasteiger partial charge is 0.241 e. The number of rotatable bonds is 3. The number of hydrogen-bond acceptors (Lipinski definition) is 5. The van der Waals surface area contributed by atoms with Crippen LogP contribution in [0.25, 0.3) is 5.95 Å². The third-order valence-corrected chi connectivity index (χ3v) is 2.57. The maximum absolute atomic E-state index is 5.86. The molecule has 2 rings (SSSR count). The molecule has 0 amide bonds. The van der Waals surface area contributed by atoms with Crippen LogP contribution in [0.2, 0.25) is 5.28 Å². The van der Waals surface area contributed by atoms with Crippen molar-refractivity contribution >= 4 is 17.5 Å². The van der Waals surface area contributed by atoms with Crippen molar-refractivity contribution in [1.29, 1.82) is 0 Å². The van der Waals surface area contributed by atoms with Crippen LogP contribution in [0, 0.1) is 13.8 Å². The Bertz CT molecular complexity index is 536. The molecular formula is C10H13ClN6. The van der Waals surface area contributed by atoms with E-state index < -0.39 is 0 Å². The number of nitrogens with one attached hydrogen (secondary N) is 1. The molecule has 0 aliphatic rings. The van der Waals surface area contributed by atoms with Crippen LogP contribution in [0.1, 0.15) is 18.3 Å². The van der Waals surface area contributed by atoms with Crippen molar-refractivity contribution < 1.29 is 0 Å². The summed E-state index contributed by atoms with van der Waals surface area (Å²) in [5.74, 6) is 0.937. The second-order valence-corrected chi connectivity index (χ2v) is 3.88. The highest BCUT2D eigenvalue weighted by atomic mass is 35.5. The van der Waals surface area contributed by atoms with Gasteiger partial charge in [0.25, 0.3) is 0 Å². The third-order valence-electron chi connectivity index (χ3n) is 2.40. The SMILES string of the molecule is CCNc1nc(Cl)nc(-n2cnc(C)c2C)n1. The Labute approximate surface area is 104 Å². The molecule has 2 heterocycles. The third kappa shape index (κ3) is 2.36. The summed E-state index contributed by atoms with van der Waals surface area (Å²) in [4.78, 5) is 16.5. The van der Waals surface area contributed by atoms with Crippen LogP contribution in [-0.2, 0) is 0 Å². The predicted molar refractivity (Wildman–Crippen MR) is 65.6 cm³/mol. The molecule has 2 aromatic rings. The van der Waals surface area contributed by atoms with Crippen molar-refractivity contribution in [3.05, 3.63) is 23.0 Å². The minimum absolute atomic E-state index is 0.164. The van der Waals surface area contributed by atoms with Crippen molar-refractivity contribution in [2.24, 2.45) is 0 Å². The zero-order valence-electron chi connectivity index (χ0n) is 9.90. The molecule has 0 aliphatic carbocycles. The molecule has 90 valence electrons. The number of anilines is 1. The second-order valence-electron chi connectivity index (χ2n) is 3.54. The van der Waals surface area contributed by atoms with Crippen molar-refractivity contribution in [3.63, 3.8) is 0 Å². The van der Waals surface area contributed by atoms with Gasteiger partial charge >= 0.3 is 0 Å². The van der Waals surface area contributed by atoms with E-state index in [4.69, 9.17) is 11.6 Å². The van der Waals surface area contributed by atoms with Gasteiger partial charge in [0, 0.05) is 12.2 Å². The molecular weight excluding hydrogens is 240 g/mol. The Balaban J connectivity index is 2.48. The molecule has 0 saturated heterocycles. The van der Waals surface area contributed by atoms with E-state index in [1.54, 1.807) is 10.9 Å². The summed E-state index contributed by atoms with van der Waals surface area (Å²) in [7, 11) is 0. The van der Waals surface area contributed by atoms with Crippen molar-refractivity contribution in [1.82, 2.24) is 24.5 Å². The van der Waals surface area contributed by atoms with Gasteiger partial charge in [0.2, 0.25) is 17.2 Å². The predicted octanol–water partition coefficient (Wildman–Crippen LogP) is 1.76. The molecule has 0 spiro atoms. The van der Waals surface area contributed by atoms with E-state index in [2.05, 4.69) is 25.3 Å². The average Bonchev–Trinajstić information content (AvgIpc) is 2.59. The Hall–Kier alpha value is -1.69. The molecule has 0 bridgehead atoms. The largest absolute Gasteiger partial charge is 0.354 e. The minimum Gasteiger partial charge on any atom is -0.354 e. The van der Waals surface area contributed by atoms with E-state index >= 15 is 0 Å². The number of nitrogens with zero attached hydrogens (tertiary/aromatic N) is 5. The fourth-order valence-electron chi connectivity index (χ4n) is 1.38. The van der Waals surface area contributed by atoms with Crippen LogP contribution in [0.5, 0.6) is 0 Å².